The van der Waals surface area contributed by atoms with Crippen molar-refractivity contribution in [2.24, 2.45) is 0 Å². The SMILES string of the molecule is Cc1nc(-n2nc(-c3cccs3)cc2NC(=O)c2cc(C(F)(F)F)cc(C(F)(F)F)c2)[nH]c(=O)c1C. The second kappa shape index (κ2) is 8.93. The fourth-order valence-corrected chi connectivity index (χ4v) is 3.86. The molecule has 3 aromatic heterocycles. The van der Waals surface area contributed by atoms with Gasteiger partial charge in [0.15, 0.2) is 0 Å². The third-order valence-corrected chi connectivity index (χ3v) is 6.05. The van der Waals surface area contributed by atoms with Gasteiger partial charge in [-0.2, -0.15) is 36.1 Å². The summed E-state index contributed by atoms with van der Waals surface area (Å²) in [6, 6.07) is 5.37. The molecule has 0 atom stereocenters. The van der Waals surface area contributed by atoms with Gasteiger partial charge in [-0.05, 0) is 43.5 Å². The lowest BCUT2D eigenvalue weighted by Gasteiger charge is -2.14. The standard InChI is InChI=1S/C22H15F6N5O2S/c1-10-11(2)29-20(31-18(10)34)33-17(9-15(32-33)16-4-3-5-36-16)30-19(35)12-6-13(21(23,24)25)8-14(7-12)22(26,27)28/h3-9H,1-2H3,(H,30,35)(H,29,31,34). The molecule has 0 aliphatic heterocycles. The van der Waals surface area contributed by atoms with Crippen LogP contribution in [0.15, 0.2) is 46.6 Å². The fourth-order valence-electron chi connectivity index (χ4n) is 3.18. The number of hydrogen-bond donors (Lipinski definition) is 2. The molecule has 2 N–H and O–H groups in total. The zero-order valence-corrected chi connectivity index (χ0v) is 19.2. The van der Waals surface area contributed by atoms with Crippen molar-refractivity contribution in [3.63, 3.8) is 0 Å². The zero-order chi connectivity index (χ0) is 26.4. The zero-order valence-electron chi connectivity index (χ0n) is 18.4. The van der Waals surface area contributed by atoms with E-state index in [1.807, 2.05) is 0 Å². The van der Waals surface area contributed by atoms with Crippen LogP contribution in [-0.4, -0.2) is 25.7 Å². The highest BCUT2D eigenvalue weighted by atomic mass is 32.1. The number of aryl methyl sites for hydroxylation is 1. The maximum absolute atomic E-state index is 13.2. The molecule has 0 bridgehead atoms. The molecule has 1 amide bonds. The average Bonchev–Trinajstić information content (AvgIpc) is 3.46. The van der Waals surface area contributed by atoms with Gasteiger partial charge in [0.1, 0.15) is 11.5 Å². The normalized spacial score (nSPS) is 12.1. The summed E-state index contributed by atoms with van der Waals surface area (Å²) in [6.07, 6.45) is -10.2. The highest BCUT2D eigenvalue weighted by Gasteiger charge is 2.37. The molecule has 3 heterocycles. The second-order valence-corrected chi connectivity index (χ2v) is 8.60. The molecule has 0 aliphatic carbocycles. The lowest BCUT2D eigenvalue weighted by Crippen LogP contribution is -2.21. The number of halogens is 6. The number of hydrogen-bond acceptors (Lipinski definition) is 5. The number of aromatic amines is 1. The van der Waals surface area contributed by atoms with E-state index in [0.717, 1.165) is 4.68 Å². The molecule has 4 rings (SSSR count). The van der Waals surface area contributed by atoms with Crippen molar-refractivity contribution >= 4 is 23.1 Å². The summed E-state index contributed by atoms with van der Waals surface area (Å²) in [5, 5.41) is 8.36. The summed E-state index contributed by atoms with van der Waals surface area (Å²) in [6.45, 7) is 3.11. The smallest absolute Gasteiger partial charge is 0.306 e. The second-order valence-electron chi connectivity index (χ2n) is 7.65. The van der Waals surface area contributed by atoms with E-state index in [4.69, 9.17) is 0 Å². The minimum absolute atomic E-state index is 0.0698. The Kier molecular flexibility index (Phi) is 6.24. The minimum Gasteiger partial charge on any atom is -0.306 e. The lowest BCUT2D eigenvalue weighted by atomic mass is 10.0. The Hall–Kier alpha value is -3.94. The maximum Gasteiger partial charge on any atom is 0.416 e. The number of H-pyrrole nitrogens is 1. The van der Waals surface area contributed by atoms with E-state index >= 15 is 0 Å². The number of thiophene rings is 1. The van der Waals surface area contributed by atoms with Crippen LogP contribution in [0.5, 0.6) is 0 Å². The summed E-state index contributed by atoms with van der Waals surface area (Å²) < 4.78 is 80.4. The van der Waals surface area contributed by atoms with E-state index in [-0.39, 0.29) is 17.8 Å². The van der Waals surface area contributed by atoms with Crippen LogP contribution >= 0.6 is 11.3 Å². The van der Waals surface area contributed by atoms with E-state index in [9.17, 15) is 35.9 Å². The molecule has 1 aromatic carbocycles. The lowest BCUT2D eigenvalue weighted by molar-refractivity contribution is -0.143. The van der Waals surface area contributed by atoms with E-state index in [1.54, 1.807) is 31.4 Å². The number of aromatic nitrogens is 4. The predicted octanol–water partition coefficient (Wildman–Crippen LogP) is 5.59. The topological polar surface area (TPSA) is 92.7 Å². The van der Waals surface area contributed by atoms with Crippen LogP contribution in [0.1, 0.15) is 32.7 Å². The minimum atomic E-state index is -5.12. The van der Waals surface area contributed by atoms with Crippen molar-refractivity contribution in [3.05, 3.63) is 80.1 Å². The van der Waals surface area contributed by atoms with Gasteiger partial charge in [-0.3, -0.25) is 14.6 Å². The number of rotatable bonds is 4. The summed E-state index contributed by atoms with van der Waals surface area (Å²) >= 11 is 1.30. The molecule has 0 saturated heterocycles. The molecule has 0 unspecified atom stereocenters. The Balaban J connectivity index is 1.81. The monoisotopic (exact) mass is 527 g/mol. The Morgan fingerprint density at radius 2 is 1.67 bits per heavy atom. The number of nitrogens with zero attached hydrogens (tertiary/aromatic N) is 3. The Bertz CT molecular complexity index is 1470. The number of benzene rings is 1. The summed E-state index contributed by atoms with van der Waals surface area (Å²) in [4.78, 5) is 32.5. The number of carbonyl (C=O) groups excluding carboxylic acids is 1. The van der Waals surface area contributed by atoms with Gasteiger partial charge in [-0.15, -0.1) is 11.3 Å². The van der Waals surface area contributed by atoms with Crippen molar-refractivity contribution in [2.45, 2.75) is 26.2 Å². The molecule has 0 saturated carbocycles. The van der Waals surface area contributed by atoms with Gasteiger partial charge < -0.3 is 5.32 Å². The number of alkyl halides is 6. The van der Waals surface area contributed by atoms with Gasteiger partial charge >= 0.3 is 12.4 Å². The van der Waals surface area contributed by atoms with E-state index in [1.165, 1.54) is 17.4 Å². The molecule has 0 radical (unpaired) electrons. The molecular formula is C22H15F6N5O2S. The molecule has 7 nitrogen and oxygen atoms in total. The van der Waals surface area contributed by atoms with Gasteiger partial charge in [0.25, 0.3) is 11.5 Å². The summed E-state index contributed by atoms with van der Waals surface area (Å²) in [5.74, 6) is -1.50. The molecule has 0 spiro atoms. The van der Waals surface area contributed by atoms with Crippen molar-refractivity contribution in [1.82, 2.24) is 19.7 Å². The molecule has 4 aromatic rings. The maximum atomic E-state index is 13.2. The van der Waals surface area contributed by atoms with Gasteiger partial charge in [0.2, 0.25) is 5.95 Å². The first-order chi connectivity index (χ1) is 16.7. The van der Waals surface area contributed by atoms with Gasteiger partial charge in [0.05, 0.1) is 16.0 Å². The van der Waals surface area contributed by atoms with Crippen molar-refractivity contribution < 1.29 is 31.1 Å². The first-order valence-corrected chi connectivity index (χ1v) is 10.9. The third-order valence-electron chi connectivity index (χ3n) is 5.16. The quantitative estimate of drug-likeness (QED) is 0.339. The molecule has 36 heavy (non-hydrogen) atoms. The Morgan fingerprint density at radius 1 is 1.03 bits per heavy atom. The molecule has 0 fully saturated rings. The van der Waals surface area contributed by atoms with E-state index in [0.29, 0.717) is 34.0 Å². The average molecular weight is 527 g/mol. The Morgan fingerprint density at radius 3 is 2.19 bits per heavy atom. The van der Waals surface area contributed by atoms with Gasteiger partial charge in [-0.25, -0.2) is 4.98 Å². The number of nitrogens with one attached hydrogen (secondary N) is 2. The molecular weight excluding hydrogens is 512 g/mol. The number of anilines is 1. The molecule has 0 aliphatic rings. The van der Waals surface area contributed by atoms with Crippen LogP contribution < -0.4 is 10.9 Å². The first-order valence-electron chi connectivity index (χ1n) is 10.1. The number of amides is 1. The van der Waals surface area contributed by atoms with E-state index < -0.39 is 40.5 Å². The molecule has 188 valence electrons. The van der Waals surface area contributed by atoms with Crippen molar-refractivity contribution in [3.8, 4) is 16.5 Å². The molecule has 14 heteroatoms. The highest BCUT2D eigenvalue weighted by Crippen LogP contribution is 2.36. The number of carbonyl (C=O) groups is 1. The van der Waals surface area contributed by atoms with Crippen LogP contribution in [0.3, 0.4) is 0 Å². The van der Waals surface area contributed by atoms with Crippen LogP contribution in [0, 0.1) is 13.8 Å². The van der Waals surface area contributed by atoms with Crippen molar-refractivity contribution in [2.75, 3.05) is 5.32 Å². The fraction of sp³-hybridized carbons (Fsp3) is 0.182. The predicted molar refractivity (Wildman–Crippen MR) is 119 cm³/mol. The highest BCUT2D eigenvalue weighted by molar-refractivity contribution is 7.13. The van der Waals surface area contributed by atoms with Crippen LogP contribution in [-0.2, 0) is 12.4 Å². The summed E-state index contributed by atoms with van der Waals surface area (Å²) in [5.41, 5.74) is -3.61. The Labute approximate surface area is 202 Å². The largest absolute Gasteiger partial charge is 0.416 e. The van der Waals surface area contributed by atoms with Gasteiger partial charge in [-0.1, -0.05) is 6.07 Å². The van der Waals surface area contributed by atoms with Crippen LogP contribution in [0.2, 0.25) is 0 Å². The first kappa shape index (κ1) is 25.2. The van der Waals surface area contributed by atoms with Crippen LogP contribution in [0.25, 0.3) is 16.5 Å². The van der Waals surface area contributed by atoms with E-state index in [2.05, 4.69) is 20.4 Å². The van der Waals surface area contributed by atoms with Crippen LogP contribution in [0.4, 0.5) is 32.2 Å². The summed E-state index contributed by atoms with van der Waals surface area (Å²) in [7, 11) is 0. The van der Waals surface area contributed by atoms with Gasteiger partial charge in [0, 0.05) is 22.9 Å². The third kappa shape index (κ3) is 5.03. The van der Waals surface area contributed by atoms with Crippen molar-refractivity contribution in [1.29, 1.82) is 0 Å².